The lowest BCUT2D eigenvalue weighted by atomic mass is 10.1. The Kier molecular flexibility index (Phi) is 3.84. The Morgan fingerprint density at radius 1 is 1.13 bits per heavy atom. The molecule has 0 fully saturated rings. The molecule has 2 aromatic rings. The number of aryl methyl sites for hydroxylation is 1. The molecule has 0 aliphatic carbocycles. The quantitative estimate of drug-likeness (QED) is 0.695. The van der Waals surface area contributed by atoms with Crippen LogP contribution in [-0.4, -0.2) is 24.0 Å². The molecule has 7 nitrogen and oxygen atoms in total. The van der Waals surface area contributed by atoms with Gasteiger partial charge in [0, 0.05) is 22.9 Å². The number of hydrogen-bond acceptors (Lipinski definition) is 5. The van der Waals surface area contributed by atoms with Crippen LogP contribution in [0.15, 0.2) is 36.4 Å². The standard InChI is InChI=1S/C16H14N2O5/c1-10-2-4-12(9-13(10)18(20)21)17-16(19)11-3-5-14-15(8-11)23-7-6-22-14/h2-5,8-9H,6-7H2,1H3,(H,17,19). The second-order valence-corrected chi connectivity index (χ2v) is 5.07. The molecular formula is C16H14N2O5. The Morgan fingerprint density at radius 2 is 1.87 bits per heavy atom. The zero-order valence-corrected chi connectivity index (χ0v) is 12.4. The lowest BCUT2D eigenvalue weighted by Gasteiger charge is -2.18. The second-order valence-electron chi connectivity index (χ2n) is 5.07. The summed E-state index contributed by atoms with van der Waals surface area (Å²) in [5.41, 5.74) is 1.25. The number of fused-ring (bicyclic) bond motifs is 1. The lowest BCUT2D eigenvalue weighted by molar-refractivity contribution is -0.385. The summed E-state index contributed by atoms with van der Waals surface area (Å²) in [6.45, 7) is 2.55. The van der Waals surface area contributed by atoms with Crippen molar-refractivity contribution in [3.8, 4) is 11.5 Å². The number of anilines is 1. The predicted octanol–water partition coefficient (Wildman–Crippen LogP) is 2.93. The summed E-state index contributed by atoms with van der Waals surface area (Å²) >= 11 is 0. The summed E-state index contributed by atoms with van der Waals surface area (Å²) in [6.07, 6.45) is 0. The highest BCUT2D eigenvalue weighted by atomic mass is 16.6. The number of nitro groups is 1. The Morgan fingerprint density at radius 3 is 2.61 bits per heavy atom. The fourth-order valence-corrected chi connectivity index (χ4v) is 2.27. The summed E-state index contributed by atoms with van der Waals surface area (Å²) in [4.78, 5) is 22.8. The van der Waals surface area contributed by atoms with Crippen LogP contribution in [0.25, 0.3) is 0 Å². The third kappa shape index (κ3) is 3.08. The molecule has 0 atom stereocenters. The van der Waals surface area contributed by atoms with Crippen molar-refractivity contribution in [2.45, 2.75) is 6.92 Å². The smallest absolute Gasteiger partial charge is 0.274 e. The van der Waals surface area contributed by atoms with Crippen LogP contribution in [0.3, 0.4) is 0 Å². The first-order valence-electron chi connectivity index (χ1n) is 7.00. The van der Waals surface area contributed by atoms with Gasteiger partial charge < -0.3 is 14.8 Å². The summed E-state index contributed by atoms with van der Waals surface area (Å²) in [5, 5.41) is 13.6. The number of hydrogen-bond donors (Lipinski definition) is 1. The van der Waals surface area contributed by atoms with Gasteiger partial charge in [-0.15, -0.1) is 0 Å². The van der Waals surface area contributed by atoms with E-state index in [0.717, 1.165) is 0 Å². The molecule has 0 unspecified atom stereocenters. The minimum Gasteiger partial charge on any atom is -0.486 e. The van der Waals surface area contributed by atoms with Crippen LogP contribution in [0.5, 0.6) is 11.5 Å². The van der Waals surface area contributed by atoms with E-state index in [1.54, 1.807) is 37.3 Å². The summed E-state index contributed by atoms with van der Waals surface area (Å²) in [6, 6.07) is 9.43. The van der Waals surface area contributed by atoms with Crippen molar-refractivity contribution >= 4 is 17.3 Å². The van der Waals surface area contributed by atoms with Gasteiger partial charge >= 0.3 is 0 Å². The first-order valence-corrected chi connectivity index (χ1v) is 7.00. The van der Waals surface area contributed by atoms with Gasteiger partial charge in [0.15, 0.2) is 11.5 Å². The highest BCUT2D eigenvalue weighted by molar-refractivity contribution is 6.04. The number of benzene rings is 2. The summed E-state index contributed by atoms with van der Waals surface area (Å²) in [5.74, 6) is 0.734. The number of carbonyl (C=O) groups is 1. The highest BCUT2D eigenvalue weighted by Gasteiger charge is 2.16. The minimum absolute atomic E-state index is 0.0371. The molecule has 0 radical (unpaired) electrons. The molecule has 7 heteroatoms. The molecule has 23 heavy (non-hydrogen) atoms. The molecule has 2 aromatic carbocycles. The molecule has 0 aromatic heterocycles. The number of nitrogens with zero attached hydrogens (tertiary/aromatic N) is 1. The van der Waals surface area contributed by atoms with Crippen LogP contribution in [0.4, 0.5) is 11.4 Å². The number of amides is 1. The highest BCUT2D eigenvalue weighted by Crippen LogP contribution is 2.31. The van der Waals surface area contributed by atoms with Gasteiger partial charge in [-0.05, 0) is 31.2 Å². The summed E-state index contributed by atoms with van der Waals surface area (Å²) in [7, 11) is 0. The van der Waals surface area contributed by atoms with Crippen LogP contribution in [-0.2, 0) is 0 Å². The fourth-order valence-electron chi connectivity index (χ4n) is 2.27. The van der Waals surface area contributed by atoms with Crippen LogP contribution >= 0.6 is 0 Å². The predicted molar refractivity (Wildman–Crippen MR) is 83.2 cm³/mol. The molecule has 1 aliphatic heterocycles. The van der Waals surface area contributed by atoms with Gasteiger partial charge in [0.1, 0.15) is 13.2 Å². The Bertz CT molecular complexity index is 788. The number of carbonyl (C=O) groups excluding carboxylic acids is 1. The summed E-state index contributed by atoms with van der Waals surface area (Å²) < 4.78 is 10.8. The molecule has 0 saturated carbocycles. The molecule has 0 bridgehead atoms. The van der Waals surface area contributed by atoms with E-state index in [4.69, 9.17) is 9.47 Å². The van der Waals surface area contributed by atoms with E-state index in [1.807, 2.05) is 0 Å². The monoisotopic (exact) mass is 314 g/mol. The van der Waals surface area contributed by atoms with Gasteiger partial charge in [-0.25, -0.2) is 0 Å². The maximum absolute atomic E-state index is 12.3. The van der Waals surface area contributed by atoms with E-state index in [9.17, 15) is 14.9 Å². The largest absolute Gasteiger partial charge is 0.486 e. The van der Waals surface area contributed by atoms with E-state index < -0.39 is 4.92 Å². The molecule has 1 aliphatic rings. The van der Waals surface area contributed by atoms with Crippen LogP contribution in [0.1, 0.15) is 15.9 Å². The molecule has 118 valence electrons. The van der Waals surface area contributed by atoms with E-state index in [0.29, 0.717) is 41.5 Å². The number of nitrogens with one attached hydrogen (secondary N) is 1. The van der Waals surface area contributed by atoms with Gasteiger partial charge in [-0.2, -0.15) is 0 Å². The Labute approximate surface area is 132 Å². The average Bonchev–Trinajstić information content (AvgIpc) is 2.55. The minimum atomic E-state index is -0.477. The maximum atomic E-state index is 12.3. The van der Waals surface area contributed by atoms with Gasteiger partial charge in [0.05, 0.1) is 4.92 Å². The zero-order chi connectivity index (χ0) is 16.4. The Hall–Kier alpha value is -3.09. The van der Waals surface area contributed by atoms with Gasteiger partial charge in [0.25, 0.3) is 11.6 Å². The molecule has 1 amide bonds. The second kappa shape index (κ2) is 5.96. The maximum Gasteiger partial charge on any atom is 0.274 e. The molecule has 1 heterocycles. The normalized spacial score (nSPS) is 12.6. The van der Waals surface area contributed by atoms with Crippen molar-refractivity contribution in [2.24, 2.45) is 0 Å². The topological polar surface area (TPSA) is 90.7 Å². The van der Waals surface area contributed by atoms with Crippen molar-refractivity contribution in [1.29, 1.82) is 0 Å². The van der Waals surface area contributed by atoms with Crippen LogP contribution in [0, 0.1) is 17.0 Å². The molecular weight excluding hydrogens is 300 g/mol. The van der Waals surface area contributed by atoms with E-state index in [2.05, 4.69) is 5.32 Å². The average molecular weight is 314 g/mol. The molecule has 0 saturated heterocycles. The number of rotatable bonds is 3. The Balaban J connectivity index is 1.82. The van der Waals surface area contributed by atoms with Crippen molar-refractivity contribution in [2.75, 3.05) is 18.5 Å². The lowest BCUT2D eigenvalue weighted by Crippen LogP contribution is -2.17. The third-order valence-electron chi connectivity index (χ3n) is 3.47. The van der Waals surface area contributed by atoms with Gasteiger partial charge in [0.2, 0.25) is 0 Å². The number of nitro benzene ring substituents is 1. The van der Waals surface area contributed by atoms with Gasteiger partial charge in [-0.3, -0.25) is 14.9 Å². The van der Waals surface area contributed by atoms with Crippen LogP contribution in [0.2, 0.25) is 0 Å². The molecule has 1 N–H and O–H groups in total. The van der Waals surface area contributed by atoms with Crippen LogP contribution < -0.4 is 14.8 Å². The van der Waals surface area contributed by atoms with E-state index in [1.165, 1.54) is 6.07 Å². The van der Waals surface area contributed by atoms with Crippen molar-refractivity contribution in [3.05, 3.63) is 57.6 Å². The number of ether oxygens (including phenoxy) is 2. The van der Waals surface area contributed by atoms with E-state index in [-0.39, 0.29) is 11.6 Å². The van der Waals surface area contributed by atoms with Crippen molar-refractivity contribution < 1.29 is 19.2 Å². The van der Waals surface area contributed by atoms with Crippen molar-refractivity contribution in [1.82, 2.24) is 0 Å². The zero-order valence-electron chi connectivity index (χ0n) is 12.4. The first-order chi connectivity index (χ1) is 11.0. The SMILES string of the molecule is Cc1ccc(NC(=O)c2ccc3c(c2)OCCO3)cc1[N+](=O)[O-]. The van der Waals surface area contributed by atoms with E-state index >= 15 is 0 Å². The van der Waals surface area contributed by atoms with Crippen molar-refractivity contribution in [3.63, 3.8) is 0 Å². The first kappa shape index (κ1) is 14.8. The molecule has 3 rings (SSSR count). The van der Waals surface area contributed by atoms with Gasteiger partial charge in [-0.1, -0.05) is 6.07 Å². The third-order valence-corrected chi connectivity index (χ3v) is 3.47. The fraction of sp³-hybridized carbons (Fsp3) is 0.188. The molecule has 0 spiro atoms.